The van der Waals surface area contributed by atoms with Gasteiger partial charge in [-0.15, -0.1) is 0 Å². The Morgan fingerprint density at radius 1 is 1.25 bits per heavy atom. The Morgan fingerprint density at radius 2 is 1.96 bits per heavy atom. The van der Waals surface area contributed by atoms with Crippen molar-refractivity contribution in [2.24, 2.45) is 0 Å². The molecule has 0 spiro atoms. The Kier molecular flexibility index (Phi) is 6.85. The number of benzene rings is 2. The number of thiocarbonyl (C=S) groups is 1. The number of hydrogen-bond acceptors (Lipinski definition) is 3. The summed E-state index contributed by atoms with van der Waals surface area (Å²) in [5, 5.41) is 3.39. The number of nitrogens with one attached hydrogen (secondary N) is 1. The van der Waals surface area contributed by atoms with Gasteiger partial charge in [-0.25, -0.2) is 4.39 Å². The van der Waals surface area contributed by atoms with Gasteiger partial charge in [0.15, 0.2) is 5.11 Å². The normalized spacial score (nSPS) is 15.3. The standard InChI is InChI=1S/C20H17Br2FN2O2S/c1-2-6-25-19(26)17(24-20(25)28)10-13-8-15(21)18(16(22)9-13)27-11-12-4-3-5-14(23)7-12/h3-5,7-10H,2,6,11H2,1H3,(H,24,28)/b17-10-. The van der Waals surface area contributed by atoms with E-state index in [-0.39, 0.29) is 18.3 Å². The fourth-order valence-electron chi connectivity index (χ4n) is 2.75. The summed E-state index contributed by atoms with van der Waals surface area (Å²) in [6.07, 6.45) is 2.57. The van der Waals surface area contributed by atoms with Crippen LogP contribution in [-0.4, -0.2) is 22.5 Å². The van der Waals surface area contributed by atoms with Gasteiger partial charge in [-0.3, -0.25) is 9.69 Å². The van der Waals surface area contributed by atoms with E-state index >= 15 is 0 Å². The zero-order valence-electron chi connectivity index (χ0n) is 15.0. The largest absolute Gasteiger partial charge is 0.487 e. The predicted molar refractivity (Wildman–Crippen MR) is 118 cm³/mol. The van der Waals surface area contributed by atoms with E-state index in [1.165, 1.54) is 12.1 Å². The molecule has 4 nitrogen and oxygen atoms in total. The van der Waals surface area contributed by atoms with Crippen LogP contribution in [0.3, 0.4) is 0 Å². The number of amides is 1. The highest BCUT2D eigenvalue weighted by Gasteiger charge is 2.29. The van der Waals surface area contributed by atoms with Crippen LogP contribution in [0.5, 0.6) is 5.75 Å². The molecule has 28 heavy (non-hydrogen) atoms. The molecule has 2 aromatic rings. The molecule has 8 heteroatoms. The summed E-state index contributed by atoms with van der Waals surface area (Å²) in [6.45, 7) is 2.81. The van der Waals surface area contributed by atoms with E-state index in [9.17, 15) is 9.18 Å². The minimum absolute atomic E-state index is 0.134. The van der Waals surface area contributed by atoms with Crippen molar-refractivity contribution in [2.45, 2.75) is 20.0 Å². The van der Waals surface area contributed by atoms with E-state index in [0.29, 0.717) is 32.0 Å². The summed E-state index contributed by atoms with van der Waals surface area (Å²) in [4.78, 5) is 14.0. The lowest BCUT2D eigenvalue weighted by Crippen LogP contribution is -2.31. The molecular weight excluding hydrogens is 511 g/mol. The van der Waals surface area contributed by atoms with Crippen LogP contribution in [0.4, 0.5) is 4.39 Å². The quantitative estimate of drug-likeness (QED) is 0.403. The minimum atomic E-state index is -0.301. The van der Waals surface area contributed by atoms with E-state index in [2.05, 4.69) is 37.2 Å². The van der Waals surface area contributed by atoms with Crippen molar-refractivity contribution in [1.82, 2.24) is 10.2 Å². The maximum atomic E-state index is 13.3. The molecule has 1 aliphatic heterocycles. The minimum Gasteiger partial charge on any atom is -0.487 e. The van der Waals surface area contributed by atoms with Gasteiger partial charge in [-0.1, -0.05) is 19.1 Å². The van der Waals surface area contributed by atoms with Crippen molar-refractivity contribution in [2.75, 3.05) is 6.54 Å². The summed E-state index contributed by atoms with van der Waals surface area (Å²) < 4.78 is 20.6. The van der Waals surface area contributed by atoms with Crippen LogP contribution >= 0.6 is 44.1 Å². The van der Waals surface area contributed by atoms with Crippen molar-refractivity contribution >= 4 is 61.2 Å². The Morgan fingerprint density at radius 3 is 2.61 bits per heavy atom. The van der Waals surface area contributed by atoms with Crippen LogP contribution in [0.1, 0.15) is 24.5 Å². The third kappa shape index (κ3) is 4.79. The molecular formula is C20H17Br2FN2O2S. The van der Waals surface area contributed by atoms with E-state index in [1.54, 1.807) is 23.1 Å². The SMILES string of the molecule is CCCN1C(=O)/C(=C/c2cc(Br)c(OCc3cccc(F)c3)c(Br)c2)NC1=S. The van der Waals surface area contributed by atoms with Crippen LogP contribution in [-0.2, 0) is 11.4 Å². The van der Waals surface area contributed by atoms with Crippen molar-refractivity contribution in [1.29, 1.82) is 0 Å². The summed E-state index contributed by atoms with van der Waals surface area (Å²) >= 11 is 12.2. The van der Waals surface area contributed by atoms with Crippen molar-refractivity contribution in [3.8, 4) is 5.75 Å². The summed E-state index contributed by atoms with van der Waals surface area (Å²) in [5.41, 5.74) is 1.97. The van der Waals surface area contributed by atoms with E-state index in [1.807, 2.05) is 19.1 Å². The highest BCUT2D eigenvalue weighted by atomic mass is 79.9. The smallest absolute Gasteiger partial charge is 0.276 e. The second-order valence-corrected chi connectivity index (χ2v) is 8.27. The topological polar surface area (TPSA) is 41.6 Å². The molecule has 146 valence electrons. The number of rotatable bonds is 6. The van der Waals surface area contributed by atoms with Crippen LogP contribution in [0.2, 0.25) is 0 Å². The van der Waals surface area contributed by atoms with Crippen molar-refractivity contribution in [3.05, 3.63) is 68.0 Å². The molecule has 0 saturated carbocycles. The molecule has 1 amide bonds. The molecule has 0 unspecified atom stereocenters. The lowest BCUT2D eigenvalue weighted by Gasteiger charge is -2.12. The third-order valence-electron chi connectivity index (χ3n) is 4.01. The maximum Gasteiger partial charge on any atom is 0.276 e. The first kappa shape index (κ1) is 21.0. The van der Waals surface area contributed by atoms with E-state index in [4.69, 9.17) is 17.0 Å². The van der Waals surface area contributed by atoms with Crippen molar-refractivity contribution < 1.29 is 13.9 Å². The molecule has 1 saturated heterocycles. The van der Waals surface area contributed by atoms with Gasteiger partial charge >= 0.3 is 0 Å². The van der Waals surface area contributed by atoms with Gasteiger partial charge in [-0.05, 0) is 92.0 Å². The molecule has 1 aliphatic rings. The Labute approximate surface area is 185 Å². The average molecular weight is 528 g/mol. The molecule has 0 radical (unpaired) electrons. The van der Waals surface area contributed by atoms with Crippen LogP contribution in [0, 0.1) is 5.82 Å². The van der Waals surface area contributed by atoms with E-state index < -0.39 is 0 Å². The lowest BCUT2D eigenvalue weighted by molar-refractivity contribution is -0.122. The van der Waals surface area contributed by atoms with Crippen LogP contribution < -0.4 is 10.1 Å². The van der Waals surface area contributed by atoms with Crippen molar-refractivity contribution in [3.63, 3.8) is 0 Å². The van der Waals surface area contributed by atoms with Gasteiger partial charge in [0, 0.05) is 6.54 Å². The van der Waals surface area contributed by atoms with Gasteiger partial charge in [0.05, 0.1) is 8.95 Å². The van der Waals surface area contributed by atoms with Gasteiger partial charge < -0.3 is 10.1 Å². The zero-order valence-corrected chi connectivity index (χ0v) is 19.0. The van der Waals surface area contributed by atoms with Gasteiger partial charge in [0.25, 0.3) is 5.91 Å². The molecule has 1 heterocycles. The van der Waals surface area contributed by atoms with Gasteiger partial charge in [0.2, 0.25) is 0 Å². The molecule has 3 rings (SSSR count). The molecule has 1 N–H and O–H groups in total. The number of halogens is 3. The molecule has 0 bridgehead atoms. The highest BCUT2D eigenvalue weighted by Crippen LogP contribution is 2.36. The third-order valence-corrected chi connectivity index (χ3v) is 5.51. The van der Waals surface area contributed by atoms with E-state index in [0.717, 1.165) is 17.5 Å². The number of carbonyl (C=O) groups is 1. The molecule has 2 aromatic carbocycles. The fraction of sp³-hybridized carbons (Fsp3) is 0.200. The predicted octanol–water partition coefficient (Wildman–Crippen LogP) is 5.40. The number of hydrogen-bond donors (Lipinski definition) is 1. The first-order valence-electron chi connectivity index (χ1n) is 8.60. The molecule has 1 fully saturated rings. The number of carbonyl (C=O) groups excluding carboxylic acids is 1. The fourth-order valence-corrected chi connectivity index (χ4v) is 4.48. The first-order chi connectivity index (χ1) is 13.4. The zero-order chi connectivity index (χ0) is 20.3. The molecule has 0 aromatic heterocycles. The summed E-state index contributed by atoms with van der Waals surface area (Å²) in [6, 6.07) is 9.96. The Hall–Kier alpha value is -1.77. The Bertz CT molecular complexity index is 942. The lowest BCUT2D eigenvalue weighted by atomic mass is 10.2. The van der Waals surface area contributed by atoms with Crippen LogP contribution in [0.15, 0.2) is 51.0 Å². The summed E-state index contributed by atoms with van der Waals surface area (Å²) in [5.74, 6) is 0.163. The average Bonchev–Trinajstić information content (AvgIpc) is 2.89. The second kappa shape index (κ2) is 9.15. The maximum absolute atomic E-state index is 13.3. The summed E-state index contributed by atoms with van der Waals surface area (Å²) in [7, 11) is 0. The monoisotopic (exact) mass is 526 g/mol. The molecule has 0 aliphatic carbocycles. The van der Waals surface area contributed by atoms with Gasteiger partial charge in [0.1, 0.15) is 23.9 Å². The highest BCUT2D eigenvalue weighted by molar-refractivity contribution is 9.11. The molecule has 0 atom stereocenters. The number of ether oxygens (including phenoxy) is 1. The number of nitrogens with zero attached hydrogens (tertiary/aromatic N) is 1. The second-order valence-electron chi connectivity index (χ2n) is 6.18. The van der Waals surface area contributed by atoms with Crippen LogP contribution in [0.25, 0.3) is 6.08 Å². The van der Waals surface area contributed by atoms with Gasteiger partial charge in [-0.2, -0.15) is 0 Å². The first-order valence-corrected chi connectivity index (χ1v) is 10.6. The Balaban J connectivity index is 1.78.